The Bertz CT molecular complexity index is 1230. The molecule has 13 heteroatoms. The molecule has 1 aliphatic heterocycles. The number of aldehydes is 1. The molecule has 1 aromatic carbocycles. The number of benzene rings is 1. The minimum Gasteiger partial charge on any atom is -0.619 e. The first-order valence-electron chi connectivity index (χ1n) is 11.3. The molecule has 0 radical (unpaired) electrons. The Morgan fingerprint density at radius 2 is 2.03 bits per heavy atom. The fourth-order valence-corrected chi connectivity index (χ4v) is 4.12. The van der Waals surface area contributed by atoms with Gasteiger partial charge < -0.3 is 25.2 Å². The predicted octanol–water partition coefficient (Wildman–Crippen LogP) is 2.78. The third-order valence-electron chi connectivity index (χ3n) is 6.10. The van der Waals surface area contributed by atoms with Gasteiger partial charge in [0.15, 0.2) is 24.0 Å². The number of aliphatic hydroxyl groups is 1. The summed E-state index contributed by atoms with van der Waals surface area (Å²) in [6.45, 7) is -0.697. The zero-order valence-electron chi connectivity index (χ0n) is 19.4. The molecule has 0 saturated carbocycles. The molecule has 0 aliphatic carbocycles. The van der Waals surface area contributed by atoms with Gasteiger partial charge >= 0.3 is 0 Å². The third-order valence-corrected chi connectivity index (χ3v) is 6.10. The van der Waals surface area contributed by atoms with Gasteiger partial charge in [-0.2, -0.15) is 4.73 Å². The second kappa shape index (κ2) is 11.0. The van der Waals surface area contributed by atoms with Crippen molar-refractivity contribution in [2.75, 3.05) is 25.0 Å². The second-order valence-electron chi connectivity index (χ2n) is 8.51. The molecule has 1 aliphatic rings. The lowest BCUT2D eigenvalue weighted by atomic mass is 9.87. The van der Waals surface area contributed by atoms with Crippen LogP contribution in [0.4, 0.5) is 23.4 Å². The van der Waals surface area contributed by atoms with Crippen molar-refractivity contribution in [3.8, 4) is 11.6 Å². The van der Waals surface area contributed by atoms with Crippen molar-refractivity contribution < 1.29 is 36.9 Å². The van der Waals surface area contributed by atoms with Gasteiger partial charge in [-0.3, -0.25) is 4.90 Å². The van der Waals surface area contributed by atoms with Gasteiger partial charge in [-0.1, -0.05) is 0 Å². The number of anilines is 1. The van der Waals surface area contributed by atoms with Crippen LogP contribution in [-0.4, -0.2) is 57.9 Å². The van der Waals surface area contributed by atoms with E-state index < -0.39 is 42.5 Å². The number of likely N-dealkylation sites (tertiary alicyclic amines) is 1. The van der Waals surface area contributed by atoms with Crippen LogP contribution in [0.15, 0.2) is 49.1 Å². The van der Waals surface area contributed by atoms with E-state index in [0.717, 1.165) is 24.7 Å². The molecule has 1 fully saturated rings. The van der Waals surface area contributed by atoms with E-state index >= 15 is 0 Å². The molecule has 1 saturated heterocycles. The van der Waals surface area contributed by atoms with E-state index in [4.69, 9.17) is 4.74 Å². The number of carbonyl (C=O) groups excluding carboxylic acids is 1. The van der Waals surface area contributed by atoms with Crippen molar-refractivity contribution >= 4 is 12.1 Å². The number of ether oxygens (including phenoxy) is 1. The van der Waals surface area contributed by atoms with E-state index in [1.54, 1.807) is 4.90 Å². The van der Waals surface area contributed by atoms with E-state index in [-0.39, 0.29) is 42.6 Å². The largest absolute Gasteiger partial charge is 0.619 e. The Morgan fingerprint density at radius 1 is 1.27 bits per heavy atom. The summed E-state index contributed by atoms with van der Waals surface area (Å²) in [5, 5.41) is 23.5. The molecule has 3 heterocycles. The second-order valence-corrected chi connectivity index (χ2v) is 8.51. The van der Waals surface area contributed by atoms with E-state index in [1.165, 1.54) is 18.3 Å². The molecule has 0 bridgehead atoms. The smallest absolute Gasteiger partial charge is 0.257 e. The van der Waals surface area contributed by atoms with Crippen LogP contribution in [-0.2, 0) is 11.4 Å². The standard InChI is InChI=1S/C24H23F4N5O4/c25-17-7-16(13-34)23(20(26)8-17)37-22-11-30-21(10-31-22)29-9-18(14-35)32-6-3-24(27,28)19(12-32)15-1-4-33(36)5-2-15/h1-2,4-5,7-8,10-11,14,18-19,34H,3,6,9,12-13H2,(H,29,30). The molecule has 2 N–H and O–H groups in total. The third kappa shape index (κ3) is 6.12. The molecule has 2 unspecified atom stereocenters. The number of hydrogen-bond donors (Lipinski definition) is 2. The molecule has 37 heavy (non-hydrogen) atoms. The van der Waals surface area contributed by atoms with Crippen LogP contribution >= 0.6 is 0 Å². The minimum atomic E-state index is -2.99. The average molecular weight is 521 g/mol. The number of alkyl halides is 2. The first-order chi connectivity index (χ1) is 17.7. The van der Waals surface area contributed by atoms with E-state index in [1.807, 2.05) is 0 Å². The van der Waals surface area contributed by atoms with Crippen molar-refractivity contribution in [1.82, 2.24) is 14.9 Å². The fraction of sp³-hybridized carbons (Fsp3) is 0.333. The lowest BCUT2D eigenvalue weighted by Crippen LogP contribution is -2.52. The monoisotopic (exact) mass is 521 g/mol. The van der Waals surface area contributed by atoms with E-state index in [0.29, 0.717) is 22.6 Å². The lowest BCUT2D eigenvalue weighted by molar-refractivity contribution is -0.605. The number of pyridine rings is 1. The predicted molar refractivity (Wildman–Crippen MR) is 122 cm³/mol. The van der Waals surface area contributed by atoms with Crippen LogP contribution in [0, 0.1) is 16.8 Å². The van der Waals surface area contributed by atoms with Gasteiger partial charge in [0, 0.05) is 49.8 Å². The number of carbonyl (C=O) groups is 1. The topological polar surface area (TPSA) is 115 Å². The van der Waals surface area contributed by atoms with Crippen molar-refractivity contribution in [2.24, 2.45) is 0 Å². The zero-order valence-corrected chi connectivity index (χ0v) is 19.4. The van der Waals surface area contributed by atoms with Gasteiger partial charge in [0.2, 0.25) is 5.88 Å². The minimum absolute atomic E-state index is 0.00213. The zero-order chi connectivity index (χ0) is 26.6. The van der Waals surface area contributed by atoms with Gasteiger partial charge in [-0.25, -0.2) is 27.5 Å². The number of hydrogen-bond acceptors (Lipinski definition) is 8. The Morgan fingerprint density at radius 3 is 2.68 bits per heavy atom. The van der Waals surface area contributed by atoms with Crippen LogP contribution in [0.1, 0.15) is 23.5 Å². The number of aliphatic hydroxyl groups excluding tert-OH is 1. The maximum atomic E-state index is 14.6. The molecule has 2 atom stereocenters. The summed E-state index contributed by atoms with van der Waals surface area (Å²) in [5.41, 5.74) is 0.200. The van der Waals surface area contributed by atoms with Crippen LogP contribution in [0.2, 0.25) is 0 Å². The maximum Gasteiger partial charge on any atom is 0.257 e. The molecular weight excluding hydrogens is 498 g/mol. The highest BCUT2D eigenvalue weighted by atomic mass is 19.3. The number of nitrogens with zero attached hydrogens (tertiary/aromatic N) is 4. The molecule has 4 rings (SSSR count). The van der Waals surface area contributed by atoms with Crippen LogP contribution in [0.3, 0.4) is 0 Å². The summed E-state index contributed by atoms with van der Waals surface area (Å²) in [6, 6.07) is 3.49. The van der Waals surface area contributed by atoms with Crippen LogP contribution in [0.25, 0.3) is 0 Å². The lowest BCUT2D eigenvalue weighted by Gasteiger charge is -2.40. The van der Waals surface area contributed by atoms with Crippen LogP contribution < -0.4 is 14.8 Å². The van der Waals surface area contributed by atoms with Gasteiger partial charge in [0.1, 0.15) is 17.9 Å². The van der Waals surface area contributed by atoms with E-state index in [2.05, 4.69) is 15.3 Å². The summed E-state index contributed by atoms with van der Waals surface area (Å²) >= 11 is 0. The SMILES string of the molecule is O=CC(CNc1cnc(Oc2c(F)cc(F)cc2CO)cn1)N1CCC(F)(F)C(c2cc[n+]([O-])cc2)C1. The van der Waals surface area contributed by atoms with Crippen LogP contribution in [0.5, 0.6) is 11.6 Å². The molecule has 3 aromatic rings. The van der Waals surface area contributed by atoms with Gasteiger partial charge in [0.05, 0.1) is 31.0 Å². The Kier molecular flexibility index (Phi) is 7.83. The van der Waals surface area contributed by atoms with Crippen molar-refractivity contribution in [3.05, 3.63) is 77.0 Å². The molecule has 9 nitrogen and oxygen atoms in total. The number of aromatic nitrogens is 3. The quantitative estimate of drug-likeness (QED) is 0.191. The average Bonchev–Trinajstić information content (AvgIpc) is 2.88. The maximum absolute atomic E-state index is 14.6. The molecule has 0 amide bonds. The molecule has 0 spiro atoms. The van der Waals surface area contributed by atoms with Gasteiger partial charge in [0.25, 0.3) is 5.92 Å². The highest BCUT2D eigenvalue weighted by Gasteiger charge is 2.46. The molecule has 2 aromatic heterocycles. The molecular formula is C24H23F4N5O4. The summed E-state index contributed by atoms with van der Waals surface area (Å²) < 4.78 is 62.5. The van der Waals surface area contributed by atoms with Gasteiger partial charge in [-0.15, -0.1) is 0 Å². The number of rotatable bonds is 9. The Labute approximate surface area is 208 Å². The molecule has 196 valence electrons. The van der Waals surface area contributed by atoms with Gasteiger partial charge in [-0.05, 0) is 11.6 Å². The van der Waals surface area contributed by atoms with Crippen molar-refractivity contribution in [2.45, 2.75) is 30.9 Å². The van der Waals surface area contributed by atoms with Crippen molar-refractivity contribution in [3.63, 3.8) is 0 Å². The normalized spacial score (nSPS) is 18.2. The first kappa shape index (κ1) is 26.2. The Balaban J connectivity index is 1.39. The van der Waals surface area contributed by atoms with E-state index in [9.17, 15) is 32.7 Å². The highest BCUT2D eigenvalue weighted by Crippen LogP contribution is 2.40. The summed E-state index contributed by atoms with van der Waals surface area (Å²) in [6.07, 6.45) is 4.94. The summed E-state index contributed by atoms with van der Waals surface area (Å²) in [4.78, 5) is 21.5. The summed E-state index contributed by atoms with van der Waals surface area (Å²) in [5.74, 6) is -6.34. The first-order valence-corrected chi connectivity index (χ1v) is 11.3. The number of piperidine rings is 1. The number of nitrogens with one attached hydrogen (secondary N) is 1. The van der Waals surface area contributed by atoms with Crippen molar-refractivity contribution in [1.29, 1.82) is 0 Å². The number of halogens is 4. The summed E-state index contributed by atoms with van der Waals surface area (Å²) in [7, 11) is 0. The fourth-order valence-electron chi connectivity index (χ4n) is 4.12. The Hall–Kier alpha value is -3.84. The highest BCUT2D eigenvalue weighted by molar-refractivity contribution is 5.59.